The first-order chi connectivity index (χ1) is 6.60. The van der Waals surface area contributed by atoms with Crippen molar-refractivity contribution in [2.75, 3.05) is 14.2 Å². The Bertz CT molecular complexity index is 331. The lowest BCUT2D eigenvalue weighted by Crippen LogP contribution is -2.07. The van der Waals surface area contributed by atoms with E-state index < -0.39 is 0 Å². The Morgan fingerprint density at radius 3 is 2.13 bits per heavy atom. The lowest BCUT2D eigenvalue weighted by Gasteiger charge is -2.14. The second-order valence-electron chi connectivity index (χ2n) is 3.02. The highest BCUT2D eigenvalue weighted by atomic mass is 79.9. The van der Waals surface area contributed by atoms with E-state index in [1.807, 2.05) is 19.1 Å². The maximum atomic E-state index is 5.81. The molecule has 1 rings (SSSR count). The van der Waals surface area contributed by atoms with Gasteiger partial charge in [-0.05, 0) is 35.0 Å². The van der Waals surface area contributed by atoms with Crippen molar-refractivity contribution in [2.24, 2.45) is 5.73 Å². The molecule has 0 heterocycles. The zero-order valence-electron chi connectivity index (χ0n) is 8.91. The van der Waals surface area contributed by atoms with Crippen LogP contribution in [0.2, 0.25) is 0 Å². The van der Waals surface area contributed by atoms with Crippen molar-refractivity contribution in [1.29, 1.82) is 0 Å². The summed E-state index contributed by atoms with van der Waals surface area (Å²) in [5, 5.41) is 0. The fraction of sp³-hybridized carbons (Fsp3) is 0.400. The number of rotatable bonds is 3. The summed E-state index contributed by atoms with van der Waals surface area (Å²) in [6.07, 6.45) is 0. The van der Waals surface area contributed by atoms with Crippen LogP contribution in [0, 0.1) is 0 Å². The molecule has 1 aromatic carbocycles. The van der Waals surface area contributed by atoms with Crippen LogP contribution in [0.4, 0.5) is 0 Å². The monoisotopic (exact) mass is 295 g/mol. The third kappa shape index (κ3) is 3.26. The smallest absolute Gasteiger partial charge is 0.133 e. The predicted octanol–water partition coefficient (Wildman–Crippen LogP) is 2.91. The molecule has 5 heteroatoms. The fourth-order valence-electron chi connectivity index (χ4n) is 1.24. The second-order valence-corrected chi connectivity index (χ2v) is 3.87. The SMILES string of the molecule is COc1cc([C@@H](C)N)c(OC)cc1Br.Cl. The molecule has 1 atom stereocenters. The van der Waals surface area contributed by atoms with Crippen molar-refractivity contribution in [2.45, 2.75) is 13.0 Å². The highest BCUT2D eigenvalue weighted by Crippen LogP contribution is 2.34. The summed E-state index contributed by atoms with van der Waals surface area (Å²) in [6, 6.07) is 3.66. The molecular weight excluding hydrogens is 281 g/mol. The van der Waals surface area contributed by atoms with Gasteiger partial charge < -0.3 is 15.2 Å². The van der Waals surface area contributed by atoms with E-state index in [0.29, 0.717) is 0 Å². The molecule has 0 aromatic heterocycles. The van der Waals surface area contributed by atoms with Crippen molar-refractivity contribution in [3.8, 4) is 11.5 Å². The number of nitrogens with two attached hydrogens (primary N) is 1. The second kappa shape index (κ2) is 6.20. The topological polar surface area (TPSA) is 44.5 Å². The molecule has 0 fully saturated rings. The molecule has 0 spiro atoms. The number of methoxy groups -OCH3 is 2. The van der Waals surface area contributed by atoms with Gasteiger partial charge in [0.25, 0.3) is 0 Å². The summed E-state index contributed by atoms with van der Waals surface area (Å²) in [5.41, 5.74) is 6.75. The van der Waals surface area contributed by atoms with Crippen molar-refractivity contribution in [1.82, 2.24) is 0 Å². The Balaban J connectivity index is 0.00000196. The minimum absolute atomic E-state index is 0. The molecule has 15 heavy (non-hydrogen) atoms. The molecule has 86 valence electrons. The van der Waals surface area contributed by atoms with Crippen LogP contribution >= 0.6 is 28.3 Å². The maximum Gasteiger partial charge on any atom is 0.133 e. The molecule has 0 bridgehead atoms. The Morgan fingerprint density at radius 1 is 1.20 bits per heavy atom. The van der Waals surface area contributed by atoms with Crippen LogP contribution in [0.25, 0.3) is 0 Å². The molecule has 1 aromatic rings. The van der Waals surface area contributed by atoms with Crippen molar-refractivity contribution in [3.05, 3.63) is 22.2 Å². The van der Waals surface area contributed by atoms with Crippen molar-refractivity contribution >= 4 is 28.3 Å². The Hall–Kier alpha value is -0.450. The van der Waals surface area contributed by atoms with Gasteiger partial charge in [-0.25, -0.2) is 0 Å². The Morgan fingerprint density at radius 2 is 1.73 bits per heavy atom. The zero-order valence-corrected chi connectivity index (χ0v) is 11.3. The largest absolute Gasteiger partial charge is 0.496 e. The molecule has 2 N–H and O–H groups in total. The molecule has 0 amide bonds. The van der Waals surface area contributed by atoms with E-state index in [4.69, 9.17) is 15.2 Å². The van der Waals surface area contributed by atoms with E-state index >= 15 is 0 Å². The highest BCUT2D eigenvalue weighted by molar-refractivity contribution is 9.10. The van der Waals surface area contributed by atoms with Gasteiger partial charge >= 0.3 is 0 Å². The predicted molar refractivity (Wildman–Crippen MR) is 67.1 cm³/mol. The van der Waals surface area contributed by atoms with Crippen LogP contribution in [0.5, 0.6) is 11.5 Å². The number of hydrogen-bond acceptors (Lipinski definition) is 3. The summed E-state index contributed by atoms with van der Waals surface area (Å²) >= 11 is 3.39. The first-order valence-corrected chi connectivity index (χ1v) is 5.06. The van der Waals surface area contributed by atoms with E-state index in [9.17, 15) is 0 Å². The summed E-state index contributed by atoms with van der Waals surface area (Å²) in [7, 11) is 3.25. The molecule has 0 saturated heterocycles. The number of ether oxygens (including phenoxy) is 2. The number of hydrogen-bond donors (Lipinski definition) is 1. The van der Waals surface area contributed by atoms with Gasteiger partial charge in [-0.3, -0.25) is 0 Å². The van der Waals surface area contributed by atoms with Gasteiger partial charge in [-0.15, -0.1) is 12.4 Å². The van der Waals surface area contributed by atoms with Crippen LogP contribution < -0.4 is 15.2 Å². The van der Waals surface area contributed by atoms with Crippen LogP contribution in [-0.4, -0.2) is 14.2 Å². The molecule has 0 unspecified atom stereocenters. The van der Waals surface area contributed by atoms with Crippen LogP contribution in [0.3, 0.4) is 0 Å². The van der Waals surface area contributed by atoms with Gasteiger partial charge in [0.2, 0.25) is 0 Å². The van der Waals surface area contributed by atoms with E-state index in [2.05, 4.69) is 15.9 Å². The normalized spacial score (nSPS) is 11.5. The van der Waals surface area contributed by atoms with Gasteiger partial charge in [-0.2, -0.15) is 0 Å². The quantitative estimate of drug-likeness (QED) is 0.933. The minimum Gasteiger partial charge on any atom is -0.496 e. The summed E-state index contributed by atoms with van der Waals surface area (Å²) in [4.78, 5) is 0. The lowest BCUT2D eigenvalue weighted by atomic mass is 10.1. The third-order valence-electron chi connectivity index (χ3n) is 1.99. The first kappa shape index (κ1) is 14.5. The summed E-state index contributed by atoms with van der Waals surface area (Å²) in [5.74, 6) is 1.53. The van der Waals surface area contributed by atoms with Crippen LogP contribution in [0.15, 0.2) is 16.6 Å². The minimum atomic E-state index is -0.0769. The van der Waals surface area contributed by atoms with Gasteiger partial charge in [0.05, 0.1) is 18.7 Å². The summed E-state index contributed by atoms with van der Waals surface area (Å²) < 4.78 is 11.3. The number of benzene rings is 1. The lowest BCUT2D eigenvalue weighted by molar-refractivity contribution is 0.394. The van der Waals surface area contributed by atoms with Gasteiger partial charge in [-0.1, -0.05) is 0 Å². The maximum absolute atomic E-state index is 5.81. The Kier molecular flexibility index (Phi) is 6.02. The van der Waals surface area contributed by atoms with E-state index in [-0.39, 0.29) is 18.4 Å². The van der Waals surface area contributed by atoms with E-state index in [1.165, 1.54) is 0 Å². The molecule has 0 aliphatic heterocycles. The zero-order chi connectivity index (χ0) is 10.7. The van der Waals surface area contributed by atoms with Gasteiger partial charge in [0.15, 0.2) is 0 Å². The van der Waals surface area contributed by atoms with Crippen LogP contribution in [-0.2, 0) is 0 Å². The molecule has 0 aliphatic carbocycles. The highest BCUT2D eigenvalue weighted by Gasteiger charge is 2.12. The average molecular weight is 297 g/mol. The van der Waals surface area contributed by atoms with Gasteiger partial charge in [0.1, 0.15) is 11.5 Å². The molecule has 3 nitrogen and oxygen atoms in total. The molecule has 0 aliphatic rings. The molecule has 0 saturated carbocycles. The summed E-state index contributed by atoms with van der Waals surface area (Å²) in [6.45, 7) is 1.91. The van der Waals surface area contributed by atoms with Crippen molar-refractivity contribution < 1.29 is 9.47 Å². The van der Waals surface area contributed by atoms with Crippen LogP contribution in [0.1, 0.15) is 18.5 Å². The molecule has 0 radical (unpaired) electrons. The first-order valence-electron chi connectivity index (χ1n) is 4.27. The third-order valence-corrected chi connectivity index (χ3v) is 2.61. The Labute approximate surface area is 104 Å². The van der Waals surface area contributed by atoms with Gasteiger partial charge in [0, 0.05) is 11.6 Å². The van der Waals surface area contributed by atoms with E-state index in [0.717, 1.165) is 21.5 Å². The average Bonchev–Trinajstić information content (AvgIpc) is 2.16. The molecular formula is C10H15BrClNO2. The number of halogens is 2. The van der Waals surface area contributed by atoms with Crippen molar-refractivity contribution in [3.63, 3.8) is 0 Å². The van der Waals surface area contributed by atoms with E-state index in [1.54, 1.807) is 14.2 Å². The standard InChI is InChI=1S/C10H14BrNO2.ClH/c1-6(12)7-4-10(14-3)8(11)5-9(7)13-2;/h4-6H,12H2,1-3H3;1H/t6-;/m1./s1. The fourth-order valence-corrected chi connectivity index (χ4v) is 1.72.